The monoisotopic (exact) mass is 921 g/mol. The predicted octanol–water partition coefficient (Wildman–Crippen LogP) is 13.4. The summed E-state index contributed by atoms with van der Waals surface area (Å²) in [6.07, 6.45) is 1.81. The number of aromatic nitrogens is 3. The molecule has 0 aliphatic heterocycles. The fourth-order valence-electron chi connectivity index (χ4n) is 7.37. The summed E-state index contributed by atoms with van der Waals surface area (Å²) in [7, 11) is 0. The van der Waals surface area contributed by atoms with Crippen LogP contribution in [0, 0.1) is 12.9 Å². The van der Waals surface area contributed by atoms with Gasteiger partial charge in [-0.25, -0.2) is 4.98 Å². The standard InChI is InChI=1S/C52H40N3O.Pt/c1-34(2)36-21-23-38(24-22-36)40-27-28-53-48(33-40)43-31-41(37-13-6-4-7-14-37)30-42(32-43)46-18-12-19-49-51(46)54-52(47-17-10-11-20-50(47)56)55(49)44-25-26-45(35(3)29-44)39-15-8-5-9-16-39;/h4-31,33-34,56H,1-3H3;/q-1;/i3D3,34D;. The van der Waals surface area contributed by atoms with Crippen LogP contribution >= 0.6 is 0 Å². The van der Waals surface area contributed by atoms with Crippen LogP contribution in [0.3, 0.4) is 0 Å². The number of phenols is 1. The fraction of sp³-hybridized carbons (Fsp3) is 0.0769. The van der Waals surface area contributed by atoms with Crippen molar-refractivity contribution >= 4 is 11.0 Å². The summed E-state index contributed by atoms with van der Waals surface area (Å²) in [5.74, 6) is -0.176. The normalized spacial score (nSPS) is 12.6. The molecule has 5 heteroatoms. The molecule has 57 heavy (non-hydrogen) atoms. The summed E-state index contributed by atoms with van der Waals surface area (Å²) < 4.78 is 36.1. The van der Waals surface area contributed by atoms with Crippen LogP contribution in [0.15, 0.2) is 176 Å². The molecule has 0 amide bonds. The van der Waals surface area contributed by atoms with Gasteiger partial charge in [-0.1, -0.05) is 152 Å². The quantitative estimate of drug-likeness (QED) is 0.155. The molecule has 7 aromatic carbocycles. The molecule has 0 radical (unpaired) electrons. The summed E-state index contributed by atoms with van der Waals surface area (Å²) in [6, 6.07) is 58.3. The number of aromatic hydroxyl groups is 1. The number of pyridine rings is 1. The minimum Gasteiger partial charge on any atom is -0.507 e. The Labute approximate surface area is 354 Å². The van der Waals surface area contributed by atoms with Gasteiger partial charge < -0.3 is 5.11 Å². The zero-order valence-electron chi connectivity index (χ0n) is 35.3. The van der Waals surface area contributed by atoms with Gasteiger partial charge in [-0.3, -0.25) is 9.55 Å². The summed E-state index contributed by atoms with van der Waals surface area (Å²) in [5, 5.41) is 11.2. The third-order valence-corrected chi connectivity index (χ3v) is 10.3. The molecule has 0 atom stereocenters. The first kappa shape index (κ1) is 32.8. The SMILES string of the molecule is [2H]C([2H])([2H])c1cc(-n2c(-c3ccccc3O)nc3c(-c4[c-]c(-c5cc(-c6ccc(C([2H])(C)C)cc6)ccn5)cc(-c5ccccc5)c4)cccc32)ccc1-c1ccccc1.[Pt]. The molecular weight excluding hydrogens is 878 g/mol. The number of aryl methyl sites for hydroxylation is 1. The first-order valence-electron chi connectivity index (χ1n) is 20.6. The van der Waals surface area contributed by atoms with E-state index in [2.05, 4.69) is 48.5 Å². The second-order valence-electron chi connectivity index (χ2n) is 14.1. The topological polar surface area (TPSA) is 50.9 Å². The molecule has 0 aliphatic carbocycles. The molecule has 0 spiro atoms. The molecule has 0 fully saturated rings. The first-order chi connectivity index (χ1) is 28.9. The second kappa shape index (κ2) is 16.0. The fourth-order valence-corrected chi connectivity index (χ4v) is 7.37. The molecule has 4 nitrogen and oxygen atoms in total. The Balaban J connectivity index is 0.00000514. The van der Waals surface area contributed by atoms with E-state index >= 15 is 0 Å². The van der Waals surface area contributed by atoms with Gasteiger partial charge in [0.25, 0.3) is 0 Å². The Kier molecular flexibility index (Phi) is 9.23. The molecule has 0 bridgehead atoms. The molecular formula is C52H40N3OPt-. The van der Waals surface area contributed by atoms with Crippen LogP contribution in [0.1, 0.15) is 36.4 Å². The van der Waals surface area contributed by atoms with E-state index in [0.29, 0.717) is 28.2 Å². The van der Waals surface area contributed by atoms with E-state index in [1.54, 1.807) is 18.2 Å². The number of fused-ring (bicyclic) bond motifs is 1. The van der Waals surface area contributed by atoms with E-state index in [-0.39, 0.29) is 32.4 Å². The zero-order chi connectivity index (χ0) is 41.6. The largest absolute Gasteiger partial charge is 0.507 e. The van der Waals surface area contributed by atoms with Crippen LogP contribution < -0.4 is 0 Å². The van der Waals surface area contributed by atoms with Gasteiger partial charge >= 0.3 is 0 Å². The predicted molar refractivity (Wildman–Crippen MR) is 231 cm³/mol. The molecule has 280 valence electrons. The molecule has 2 heterocycles. The molecule has 2 aromatic heterocycles. The first-order valence-corrected chi connectivity index (χ1v) is 18.6. The van der Waals surface area contributed by atoms with Gasteiger partial charge in [0.15, 0.2) is 0 Å². The Bertz CT molecular complexity index is 3010. The van der Waals surface area contributed by atoms with Crippen LogP contribution in [-0.2, 0) is 21.1 Å². The van der Waals surface area contributed by atoms with Gasteiger partial charge in [0.1, 0.15) is 11.6 Å². The van der Waals surface area contributed by atoms with E-state index in [1.165, 1.54) is 0 Å². The number of hydrogen-bond donors (Lipinski definition) is 1. The molecule has 1 N–H and O–H groups in total. The average molecular weight is 922 g/mol. The van der Waals surface area contributed by atoms with E-state index in [9.17, 15) is 5.11 Å². The number of nitrogens with zero attached hydrogens (tertiary/aromatic N) is 3. The second-order valence-corrected chi connectivity index (χ2v) is 14.1. The third kappa shape index (κ3) is 7.37. The molecule has 0 aliphatic rings. The Hall–Kier alpha value is -6.35. The summed E-state index contributed by atoms with van der Waals surface area (Å²) in [4.78, 5) is 10.1. The minimum atomic E-state index is -2.41. The average Bonchev–Trinajstić information content (AvgIpc) is 3.66. The van der Waals surface area contributed by atoms with Gasteiger partial charge in [-0.15, -0.1) is 23.8 Å². The molecule has 0 saturated heterocycles. The van der Waals surface area contributed by atoms with E-state index < -0.39 is 12.7 Å². The van der Waals surface area contributed by atoms with Crippen molar-refractivity contribution in [1.82, 2.24) is 14.5 Å². The van der Waals surface area contributed by atoms with Crippen molar-refractivity contribution in [3.05, 3.63) is 193 Å². The zero-order valence-corrected chi connectivity index (χ0v) is 33.6. The van der Waals surface area contributed by atoms with E-state index in [1.807, 2.05) is 134 Å². The number of benzene rings is 7. The van der Waals surface area contributed by atoms with E-state index in [0.717, 1.165) is 61.3 Å². The summed E-state index contributed by atoms with van der Waals surface area (Å²) in [5.41, 5.74) is 12.3. The van der Waals surface area contributed by atoms with Gasteiger partial charge in [-0.2, -0.15) is 0 Å². The van der Waals surface area contributed by atoms with Crippen LogP contribution in [-0.4, -0.2) is 19.6 Å². The maximum atomic E-state index is 11.2. The number of rotatable bonds is 8. The van der Waals surface area contributed by atoms with Crippen LogP contribution in [0.4, 0.5) is 0 Å². The van der Waals surface area contributed by atoms with Crippen molar-refractivity contribution in [2.24, 2.45) is 0 Å². The minimum absolute atomic E-state index is 0. The van der Waals surface area contributed by atoms with E-state index in [4.69, 9.17) is 15.5 Å². The maximum Gasteiger partial charge on any atom is 0.148 e. The number of imidazole rings is 1. The summed E-state index contributed by atoms with van der Waals surface area (Å²) >= 11 is 0. The van der Waals surface area contributed by atoms with Gasteiger partial charge in [-0.05, 0) is 88.1 Å². The van der Waals surface area contributed by atoms with Crippen molar-refractivity contribution < 1.29 is 31.7 Å². The van der Waals surface area contributed by atoms with Crippen molar-refractivity contribution in [2.75, 3.05) is 0 Å². The third-order valence-electron chi connectivity index (χ3n) is 10.3. The Morgan fingerprint density at radius 2 is 1.30 bits per heavy atom. The number of hydrogen-bond acceptors (Lipinski definition) is 3. The van der Waals surface area contributed by atoms with Crippen molar-refractivity contribution in [1.29, 1.82) is 0 Å². The number of phenolic OH excluding ortho intramolecular Hbond substituents is 1. The Morgan fingerprint density at radius 3 is 2.04 bits per heavy atom. The van der Waals surface area contributed by atoms with Gasteiger partial charge in [0.05, 0.1) is 16.6 Å². The smallest absolute Gasteiger partial charge is 0.148 e. The molecule has 0 saturated carbocycles. The van der Waals surface area contributed by atoms with Crippen molar-refractivity contribution in [3.63, 3.8) is 0 Å². The number of para-hydroxylation sites is 2. The van der Waals surface area contributed by atoms with Crippen molar-refractivity contribution in [2.45, 2.75) is 26.6 Å². The molecule has 0 unspecified atom stereocenters. The van der Waals surface area contributed by atoms with Gasteiger partial charge in [0.2, 0.25) is 0 Å². The Morgan fingerprint density at radius 1 is 0.614 bits per heavy atom. The van der Waals surface area contributed by atoms with Crippen LogP contribution in [0.5, 0.6) is 5.75 Å². The van der Waals surface area contributed by atoms with Crippen molar-refractivity contribution in [3.8, 4) is 78.6 Å². The maximum absolute atomic E-state index is 11.2. The summed E-state index contributed by atoms with van der Waals surface area (Å²) in [6.45, 7) is 1.36. The van der Waals surface area contributed by atoms with Gasteiger partial charge in [0, 0.05) is 44.1 Å². The molecule has 9 rings (SSSR count). The molecule has 9 aromatic rings. The van der Waals surface area contributed by atoms with Crippen LogP contribution in [0.2, 0.25) is 0 Å². The van der Waals surface area contributed by atoms with Crippen LogP contribution in [0.25, 0.3) is 83.9 Å².